The molecule has 1 amide bonds. The van der Waals surface area contributed by atoms with Crippen molar-refractivity contribution in [2.75, 3.05) is 6.61 Å². The number of nitrogens with one attached hydrogen (secondary N) is 1. The van der Waals surface area contributed by atoms with Gasteiger partial charge in [-0.15, -0.1) is 11.3 Å². The van der Waals surface area contributed by atoms with Gasteiger partial charge in [0, 0.05) is 4.88 Å². The van der Waals surface area contributed by atoms with Crippen molar-refractivity contribution in [2.24, 2.45) is 0 Å². The highest BCUT2D eigenvalue weighted by molar-refractivity contribution is 7.10. The topological polar surface area (TPSA) is 38.3 Å². The molecular formula is C14H13ClFNO2S. The van der Waals surface area contributed by atoms with Crippen LogP contribution >= 0.6 is 22.9 Å². The minimum atomic E-state index is -0.446. The van der Waals surface area contributed by atoms with Crippen molar-refractivity contribution in [3.05, 3.63) is 51.4 Å². The molecule has 0 saturated heterocycles. The maximum Gasteiger partial charge on any atom is 0.258 e. The SMILES string of the molecule is CC(NC(=O)COc1ccc(F)cc1Cl)c1cccs1. The van der Waals surface area contributed by atoms with Crippen molar-refractivity contribution in [3.8, 4) is 5.75 Å². The highest BCUT2D eigenvalue weighted by atomic mass is 35.5. The van der Waals surface area contributed by atoms with Crippen LogP contribution in [0, 0.1) is 5.82 Å². The highest BCUT2D eigenvalue weighted by Gasteiger charge is 2.11. The summed E-state index contributed by atoms with van der Waals surface area (Å²) in [6.07, 6.45) is 0. The fourth-order valence-electron chi connectivity index (χ4n) is 1.63. The largest absolute Gasteiger partial charge is 0.482 e. The van der Waals surface area contributed by atoms with Gasteiger partial charge in [-0.25, -0.2) is 4.39 Å². The maximum absolute atomic E-state index is 12.9. The van der Waals surface area contributed by atoms with E-state index in [2.05, 4.69) is 5.32 Å². The molecule has 2 aromatic rings. The number of ether oxygens (including phenoxy) is 1. The zero-order valence-electron chi connectivity index (χ0n) is 10.7. The second-order valence-corrected chi connectivity index (χ2v) is 5.55. The van der Waals surface area contributed by atoms with Crippen LogP contribution in [0.2, 0.25) is 5.02 Å². The van der Waals surface area contributed by atoms with Gasteiger partial charge in [0.05, 0.1) is 11.1 Å². The molecule has 0 radical (unpaired) electrons. The van der Waals surface area contributed by atoms with Crippen molar-refractivity contribution in [1.29, 1.82) is 0 Å². The second kappa shape index (κ2) is 6.72. The Bertz CT molecular complexity index is 589. The lowest BCUT2D eigenvalue weighted by molar-refractivity contribution is -0.123. The number of carbonyl (C=O) groups is 1. The molecule has 0 saturated carbocycles. The van der Waals surface area contributed by atoms with Crippen LogP contribution in [0.15, 0.2) is 35.7 Å². The Kier molecular flexibility index (Phi) is 4.98. The summed E-state index contributed by atoms with van der Waals surface area (Å²) >= 11 is 7.38. The van der Waals surface area contributed by atoms with Crippen LogP contribution in [0.25, 0.3) is 0 Å². The lowest BCUT2D eigenvalue weighted by Gasteiger charge is -2.13. The van der Waals surface area contributed by atoms with Gasteiger partial charge in [0.2, 0.25) is 0 Å². The summed E-state index contributed by atoms with van der Waals surface area (Å²) in [5.74, 6) is -0.420. The first-order chi connectivity index (χ1) is 9.56. The third-order valence-electron chi connectivity index (χ3n) is 2.60. The molecule has 1 atom stereocenters. The van der Waals surface area contributed by atoms with Gasteiger partial charge in [-0.1, -0.05) is 17.7 Å². The summed E-state index contributed by atoms with van der Waals surface area (Å²) in [6, 6.07) is 7.57. The van der Waals surface area contributed by atoms with Crippen molar-refractivity contribution < 1.29 is 13.9 Å². The first-order valence-electron chi connectivity index (χ1n) is 5.97. The molecule has 1 unspecified atom stereocenters. The highest BCUT2D eigenvalue weighted by Crippen LogP contribution is 2.24. The molecule has 20 heavy (non-hydrogen) atoms. The molecule has 1 aromatic heterocycles. The van der Waals surface area contributed by atoms with E-state index in [0.29, 0.717) is 0 Å². The molecule has 0 aliphatic carbocycles. The van der Waals surface area contributed by atoms with Crippen LogP contribution < -0.4 is 10.1 Å². The average Bonchev–Trinajstić information content (AvgIpc) is 2.91. The molecular weight excluding hydrogens is 301 g/mol. The molecule has 1 aromatic carbocycles. The molecule has 0 spiro atoms. The molecule has 106 valence electrons. The number of halogens is 2. The zero-order chi connectivity index (χ0) is 14.5. The van der Waals surface area contributed by atoms with Gasteiger partial charge in [-0.2, -0.15) is 0 Å². The normalized spacial score (nSPS) is 11.9. The molecule has 6 heteroatoms. The summed E-state index contributed by atoms with van der Waals surface area (Å²) < 4.78 is 18.1. The number of carbonyl (C=O) groups excluding carboxylic acids is 1. The molecule has 2 rings (SSSR count). The van der Waals surface area contributed by atoms with E-state index in [0.717, 1.165) is 10.9 Å². The van der Waals surface area contributed by atoms with E-state index in [1.165, 1.54) is 12.1 Å². The third-order valence-corrected chi connectivity index (χ3v) is 3.95. The van der Waals surface area contributed by atoms with Gasteiger partial charge < -0.3 is 10.1 Å². The molecule has 1 heterocycles. The Morgan fingerprint density at radius 3 is 2.95 bits per heavy atom. The van der Waals surface area contributed by atoms with Gasteiger partial charge in [-0.3, -0.25) is 4.79 Å². The van der Waals surface area contributed by atoms with Crippen LogP contribution in [-0.4, -0.2) is 12.5 Å². The average molecular weight is 314 g/mol. The molecule has 0 aliphatic rings. The van der Waals surface area contributed by atoms with Crippen molar-refractivity contribution in [2.45, 2.75) is 13.0 Å². The van der Waals surface area contributed by atoms with E-state index in [4.69, 9.17) is 16.3 Å². The van der Waals surface area contributed by atoms with Crippen LogP contribution in [0.3, 0.4) is 0 Å². The summed E-state index contributed by atoms with van der Waals surface area (Å²) in [5, 5.41) is 4.91. The number of hydrogen-bond acceptors (Lipinski definition) is 3. The lowest BCUT2D eigenvalue weighted by Crippen LogP contribution is -2.30. The standard InChI is InChI=1S/C14H13ClFNO2S/c1-9(13-3-2-6-20-13)17-14(18)8-19-12-5-4-10(16)7-11(12)15/h2-7,9H,8H2,1H3,(H,17,18). The van der Waals surface area contributed by atoms with E-state index in [9.17, 15) is 9.18 Å². The first-order valence-corrected chi connectivity index (χ1v) is 7.22. The van der Waals surface area contributed by atoms with Crippen molar-refractivity contribution >= 4 is 28.8 Å². The van der Waals surface area contributed by atoms with Crippen molar-refractivity contribution in [1.82, 2.24) is 5.32 Å². The number of hydrogen-bond donors (Lipinski definition) is 1. The Morgan fingerprint density at radius 1 is 1.50 bits per heavy atom. The van der Waals surface area contributed by atoms with Gasteiger partial charge in [0.25, 0.3) is 5.91 Å². The van der Waals surface area contributed by atoms with Crippen LogP contribution in [0.1, 0.15) is 17.8 Å². The van der Waals surface area contributed by atoms with E-state index in [-0.39, 0.29) is 29.3 Å². The third kappa shape index (κ3) is 3.95. The van der Waals surface area contributed by atoms with Crippen LogP contribution in [0.5, 0.6) is 5.75 Å². The Labute approximate surface area is 125 Å². The zero-order valence-corrected chi connectivity index (χ0v) is 12.3. The molecule has 1 N–H and O–H groups in total. The smallest absolute Gasteiger partial charge is 0.258 e. The van der Waals surface area contributed by atoms with Gasteiger partial charge in [-0.05, 0) is 36.6 Å². The van der Waals surface area contributed by atoms with Crippen molar-refractivity contribution in [3.63, 3.8) is 0 Å². The summed E-state index contributed by atoms with van der Waals surface area (Å²) in [6.45, 7) is 1.73. The van der Waals surface area contributed by atoms with E-state index >= 15 is 0 Å². The van der Waals surface area contributed by atoms with E-state index in [1.807, 2.05) is 24.4 Å². The monoisotopic (exact) mass is 313 g/mol. The predicted molar refractivity (Wildman–Crippen MR) is 77.8 cm³/mol. The quantitative estimate of drug-likeness (QED) is 0.912. The second-order valence-electron chi connectivity index (χ2n) is 4.17. The predicted octanol–water partition coefficient (Wildman–Crippen LogP) is 3.80. The Morgan fingerprint density at radius 2 is 2.30 bits per heavy atom. The number of rotatable bonds is 5. The van der Waals surface area contributed by atoms with Gasteiger partial charge >= 0.3 is 0 Å². The summed E-state index contributed by atoms with van der Waals surface area (Å²) in [4.78, 5) is 12.8. The molecule has 3 nitrogen and oxygen atoms in total. The summed E-state index contributed by atoms with van der Waals surface area (Å²) in [5.41, 5.74) is 0. The van der Waals surface area contributed by atoms with Crippen LogP contribution in [0.4, 0.5) is 4.39 Å². The Balaban J connectivity index is 1.86. The molecule has 0 fully saturated rings. The van der Waals surface area contributed by atoms with E-state index < -0.39 is 5.82 Å². The molecule has 0 aliphatic heterocycles. The minimum Gasteiger partial charge on any atom is -0.482 e. The number of thiophene rings is 1. The fraction of sp³-hybridized carbons (Fsp3) is 0.214. The van der Waals surface area contributed by atoms with Gasteiger partial charge in [0.1, 0.15) is 11.6 Å². The van der Waals surface area contributed by atoms with Gasteiger partial charge in [0.15, 0.2) is 6.61 Å². The Hall–Kier alpha value is -1.59. The maximum atomic E-state index is 12.9. The minimum absolute atomic E-state index is 0.0743. The molecule has 0 bridgehead atoms. The summed E-state index contributed by atoms with van der Waals surface area (Å²) in [7, 11) is 0. The number of benzene rings is 1. The van der Waals surface area contributed by atoms with Crippen LogP contribution in [-0.2, 0) is 4.79 Å². The first kappa shape index (κ1) is 14.8. The van der Waals surface area contributed by atoms with E-state index in [1.54, 1.807) is 11.3 Å². The number of amides is 1. The fourth-order valence-corrected chi connectivity index (χ4v) is 2.58. The lowest BCUT2D eigenvalue weighted by atomic mass is 10.3.